The van der Waals surface area contributed by atoms with Crippen molar-refractivity contribution in [1.29, 1.82) is 0 Å². The Balaban J connectivity index is 0.00000753. The van der Waals surface area contributed by atoms with Crippen LogP contribution in [0.25, 0.3) is 38.8 Å². The monoisotopic (exact) mass is 1260 g/mol. The Morgan fingerprint density at radius 2 is 0.951 bits per heavy atom. The van der Waals surface area contributed by atoms with Gasteiger partial charge in [0.15, 0.2) is 0 Å². The predicted octanol–water partition coefficient (Wildman–Crippen LogP) is 20.5. The fraction of sp³-hybridized carbons (Fsp3) is 0.289. The summed E-state index contributed by atoms with van der Waals surface area (Å²) in [5, 5.41) is 2.26. The van der Waals surface area contributed by atoms with Crippen LogP contribution in [0, 0.1) is 18.8 Å². The van der Waals surface area contributed by atoms with Crippen molar-refractivity contribution < 1.29 is 25.8 Å². The number of benzene rings is 8. The van der Waals surface area contributed by atoms with Gasteiger partial charge in [-0.3, -0.25) is 0 Å². The van der Waals surface area contributed by atoms with Gasteiger partial charge in [-0.25, -0.2) is 4.98 Å². The van der Waals surface area contributed by atoms with E-state index in [4.69, 9.17) is 9.72 Å². The maximum Gasteiger partial charge on any atom is 0.135 e. The Labute approximate surface area is 503 Å². The molecule has 11 rings (SSSR count). The first kappa shape index (κ1) is 58.0. The van der Waals surface area contributed by atoms with Gasteiger partial charge in [0, 0.05) is 72.2 Å². The molecule has 2 aromatic heterocycles. The van der Waals surface area contributed by atoms with Gasteiger partial charge < -0.3 is 19.1 Å². The average Bonchev–Trinajstić information content (AvgIpc) is 3.06. The van der Waals surface area contributed by atoms with Crippen LogP contribution in [0.4, 0.5) is 22.7 Å². The first-order valence-electron chi connectivity index (χ1n) is 28.8. The van der Waals surface area contributed by atoms with Crippen molar-refractivity contribution >= 4 is 44.6 Å². The summed E-state index contributed by atoms with van der Waals surface area (Å²) in [5.41, 5.74) is 17.2. The second-order valence-corrected chi connectivity index (χ2v) is 27.6. The molecule has 6 heteroatoms. The smallest absolute Gasteiger partial charge is 0.135 e. The second-order valence-electron chi connectivity index (χ2n) is 27.6. The molecule has 82 heavy (non-hydrogen) atoms. The minimum atomic E-state index is -0.385. The summed E-state index contributed by atoms with van der Waals surface area (Å²) < 4.78 is 9.39. The maximum atomic E-state index is 7.13. The van der Waals surface area contributed by atoms with Gasteiger partial charge in [0.05, 0.1) is 0 Å². The zero-order valence-corrected chi connectivity index (χ0v) is 53.2. The number of nitrogens with zero attached hydrogens (tertiary/aromatic N) is 4. The van der Waals surface area contributed by atoms with Crippen LogP contribution in [0.3, 0.4) is 0 Å². The summed E-state index contributed by atoms with van der Waals surface area (Å²) in [4.78, 5) is 9.77. The molecule has 0 saturated carbocycles. The van der Waals surface area contributed by atoms with E-state index in [-0.39, 0.29) is 53.6 Å². The van der Waals surface area contributed by atoms with Crippen LogP contribution in [0.2, 0.25) is 0 Å². The number of rotatable bonds is 10. The van der Waals surface area contributed by atoms with Gasteiger partial charge in [0.25, 0.3) is 0 Å². The zero-order valence-electron chi connectivity index (χ0n) is 50.9. The molecular weight excluding hydrogens is 1180 g/mol. The van der Waals surface area contributed by atoms with E-state index in [1.165, 1.54) is 50.1 Å². The minimum absolute atomic E-state index is 0. The minimum Gasteiger partial charge on any atom is -0.509 e. The summed E-state index contributed by atoms with van der Waals surface area (Å²) in [5.74, 6) is 2.06. The second kappa shape index (κ2) is 21.2. The summed E-state index contributed by atoms with van der Waals surface area (Å²) in [6, 6.07) is 72.4. The zero-order chi connectivity index (χ0) is 57.6. The Morgan fingerprint density at radius 1 is 0.415 bits per heavy atom. The fourth-order valence-electron chi connectivity index (χ4n) is 11.6. The first-order valence-corrected chi connectivity index (χ1v) is 28.8. The number of hydrogen-bond acceptors (Lipinski definition) is 4. The number of fused-ring (bicyclic) bond motifs is 4. The third-order valence-corrected chi connectivity index (χ3v) is 16.9. The molecule has 0 unspecified atom stereocenters. The normalized spacial score (nSPS) is 13.4. The van der Waals surface area contributed by atoms with Gasteiger partial charge in [-0.05, 0) is 120 Å². The van der Waals surface area contributed by atoms with Gasteiger partial charge in [0.2, 0.25) is 0 Å². The van der Waals surface area contributed by atoms with Crippen LogP contribution in [0.5, 0.6) is 11.5 Å². The van der Waals surface area contributed by atoms with Crippen LogP contribution in [0.15, 0.2) is 182 Å². The molecule has 0 atom stereocenters. The van der Waals surface area contributed by atoms with E-state index >= 15 is 0 Å². The van der Waals surface area contributed by atoms with Gasteiger partial charge in [0.1, 0.15) is 5.82 Å². The van der Waals surface area contributed by atoms with Crippen molar-refractivity contribution in [3.8, 4) is 28.4 Å². The Kier molecular flexibility index (Phi) is 15.0. The number of aromatic nitrogens is 2. The third kappa shape index (κ3) is 11.0. The van der Waals surface area contributed by atoms with Gasteiger partial charge in [-0.1, -0.05) is 225 Å². The van der Waals surface area contributed by atoms with E-state index in [0.29, 0.717) is 11.5 Å². The van der Waals surface area contributed by atoms with Crippen LogP contribution in [-0.2, 0) is 53.6 Å². The molecule has 0 radical (unpaired) electrons. The molecule has 0 spiro atoms. The molecule has 10 aromatic rings. The molecule has 3 heterocycles. The molecule has 5 nitrogen and oxygen atoms in total. The van der Waals surface area contributed by atoms with Crippen molar-refractivity contribution in [1.82, 2.24) is 9.55 Å². The van der Waals surface area contributed by atoms with Crippen molar-refractivity contribution in [2.45, 2.75) is 143 Å². The molecular formula is C76H79N4OPt-3. The topological polar surface area (TPSA) is 33.5 Å². The number of hydrogen-bond donors (Lipinski definition) is 0. The Hall–Kier alpha value is -7.20. The maximum absolute atomic E-state index is 7.13. The Morgan fingerprint density at radius 3 is 1.52 bits per heavy atom. The van der Waals surface area contributed by atoms with Gasteiger partial charge >= 0.3 is 0 Å². The number of ether oxygens (including phenoxy) is 1. The van der Waals surface area contributed by atoms with Crippen molar-refractivity contribution in [3.05, 3.63) is 245 Å². The largest absolute Gasteiger partial charge is 0.509 e. The standard InChI is InChI=1S/C76H79N4O.Pt/c1-71(2,3)54-32-35-66-63(43-54)62-34-33-60(46-67(62)80(66)70-44-55(36-37-77-70)72(4,5)6)81-61-42-57(74(10,11)12)41-59(45-61)79-49-78(58-39-51(50-26-20-17-21-27-50)38-56(40-58)73(7,8)9)68-47-64(75(13,14)52-28-22-18-23-29-52)65(48-69(68)79)76(15,16)53-30-24-19-25-31-53;/h17-44,47-49H,1-16H3;/q-3;. The summed E-state index contributed by atoms with van der Waals surface area (Å²) in [6.45, 7) is 39.1. The molecule has 422 valence electrons. The quantitative estimate of drug-likeness (QED) is 0.128. The van der Waals surface area contributed by atoms with Crippen LogP contribution in [-0.4, -0.2) is 9.55 Å². The third-order valence-electron chi connectivity index (χ3n) is 16.9. The fourth-order valence-corrected chi connectivity index (χ4v) is 11.6. The van der Waals surface area contributed by atoms with Crippen molar-refractivity contribution in [3.63, 3.8) is 0 Å². The van der Waals surface area contributed by atoms with Crippen molar-refractivity contribution in [2.75, 3.05) is 9.80 Å². The molecule has 1 aliphatic rings. The van der Waals surface area contributed by atoms with E-state index in [1.54, 1.807) is 0 Å². The molecule has 0 amide bonds. The van der Waals surface area contributed by atoms with Crippen LogP contribution >= 0.6 is 0 Å². The summed E-state index contributed by atoms with van der Waals surface area (Å²) in [7, 11) is 0. The van der Waals surface area contributed by atoms with Crippen LogP contribution < -0.4 is 14.5 Å². The van der Waals surface area contributed by atoms with E-state index in [0.717, 1.165) is 55.9 Å². The van der Waals surface area contributed by atoms with Crippen LogP contribution in [0.1, 0.15) is 155 Å². The molecule has 0 bridgehead atoms. The van der Waals surface area contributed by atoms with E-state index < -0.39 is 0 Å². The summed E-state index contributed by atoms with van der Waals surface area (Å²) >= 11 is 0. The average molecular weight is 1260 g/mol. The van der Waals surface area contributed by atoms with Crippen molar-refractivity contribution in [2.24, 2.45) is 0 Å². The first-order chi connectivity index (χ1) is 38.2. The Bertz CT molecular complexity index is 3980. The number of pyridine rings is 1. The number of anilines is 4. The van der Waals surface area contributed by atoms with Gasteiger partial charge in [-0.2, -0.15) is 6.07 Å². The molecule has 0 N–H and O–H groups in total. The van der Waals surface area contributed by atoms with E-state index in [9.17, 15) is 0 Å². The molecule has 1 aliphatic heterocycles. The predicted molar refractivity (Wildman–Crippen MR) is 342 cm³/mol. The summed E-state index contributed by atoms with van der Waals surface area (Å²) in [6.07, 6.45) is 1.93. The van der Waals surface area contributed by atoms with Gasteiger partial charge in [-0.15, -0.1) is 53.6 Å². The molecule has 8 aromatic carbocycles. The molecule has 0 saturated heterocycles. The van der Waals surface area contributed by atoms with E-state index in [1.807, 2.05) is 6.20 Å². The SMILES string of the molecule is CC(C)(C)c1cc(Oc2[c-]c3c(cc2)c2cc(C(C)(C)C)ccc2n3-c2cc(C(C)(C)C)ccn2)[c-]c(N2[CH-]N(c3cc(-c4ccccc4)cc(C(C)(C)C)c3)c3cc(C(C)(C)c4ccccc4)c(C(C)(C)c4ccccc4)cc32)c1.[Pt]. The van der Waals surface area contributed by atoms with E-state index in [2.05, 4.69) is 320 Å². The molecule has 0 fully saturated rings. The molecule has 0 aliphatic carbocycles.